The van der Waals surface area contributed by atoms with Crippen molar-refractivity contribution in [2.75, 3.05) is 12.4 Å². The highest BCUT2D eigenvalue weighted by Crippen LogP contribution is 2.30. The SMILES string of the molecule is COc1ccc(-c2cnc(NC(=O)Cc3ccc4ccccc4c3)c(CC3CCCC3)n2)cc1. The Hall–Kier alpha value is -3.73. The number of rotatable bonds is 7. The van der Waals surface area contributed by atoms with E-state index in [2.05, 4.69) is 34.6 Å². The summed E-state index contributed by atoms with van der Waals surface area (Å²) in [6, 6.07) is 22.2. The third-order valence-corrected chi connectivity index (χ3v) is 6.62. The average molecular weight is 452 g/mol. The second kappa shape index (κ2) is 10.0. The predicted octanol–water partition coefficient (Wildman–Crippen LogP) is 6.22. The number of benzene rings is 3. The molecule has 1 N–H and O–H groups in total. The molecule has 1 amide bonds. The highest BCUT2D eigenvalue weighted by molar-refractivity contribution is 5.93. The van der Waals surface area contributed by atoms with Crippen molar-refractivity contribution in [1.29, 1.82) is 0 Å². The van der Waals surface area contributed by atoms with Crippen molar-refractivity contribution in [2.24, 2.45) is 5.92 Å². The molecule has 0 saturated heterocycles. The summed E-state index contributed by atoms with van der Waals surface area (Å²) in [4.78, 5) is 22.5. The molecule has 1 aliphatic rings. The smallest absolute Gasteiger partial charge is 0.229 e. The van der Waals surface area contributed by atoms with Crippen molar-refractivity contribution in [1.82, 2.24) is 9.97 Å². The summed E-state index contributed by atoms with van der Waals surface area (Å²) in [6.07, 6.45) is 7.82. The standard InChI is InChI=1S/C29H29N3O2/c1-34-25-14-12-23(13-15-25)27-19-30-29(26(31-27)17-20-6-2-3-7-20)32-28(33)18-21-10-11-22-8-4-5-9-24(22)16-21/h4-5,8-16,19-20H,2-3,6-7,17-18H2,1H3,(H,30,32,33). The lowest BCUT2D eigenvalue weighted by Crippen LogP contribution is -2.18. The molecule has 5 heteroatoms. The molecule has 5 rings (SSSR count). The van der Waals surface area contributed by atoms with Crippen LogP contribution in [0.2, 0.25) is 0 Å². The van der Waals surface area contributed by atoms with Gasteiger partial charge in [0.05, 0.1) is 31.1 Å². The minimum Gasteiger partial charge on any atom is -0.497 e. The molecule has 172 valence electrons. The number of ether oxygens (including phenoxy) is 1. The van der Waals surface area contributed by atoms with E-state index < -0.39 is 0 Å². The van der Waals surface area contributed by atoms with Crippen LogP contribution in [0.4, 0.5) is 5.82 Å². The minimum atomic E-state index is -0.0746. The van der Waals surface area contributed by atoms with Crippen LogP contribution in [0.15, 0.2) is 72.9 Å². The second-order valence-electron chi connectivity index (χ2n) is 9.04. The highest BCUT2D eigenvalue weighted by atomic mass is 16.5. The zero-order valence-corrected chi connectivity index (χ0v) is 19.5. The van der Waals surface area contributed by atoms with Crippen LogP contribution < -0.4 is 10.1 Å². The predicted molar refractivity (Wildman–Crippen MR) is 136 cm³/mol. The van der Waals surface area contributed by atoms with Gasteiger partial charge in [0.25, 0.3) is 0 Å². The zero-order valence-electron chi connectivity index (χ0n) is 19.5. The lowest BCUT2D eigenvalue weighted by molar-refractivity contribution is -0.115. The first kappa shape index (κ1) is 22.1. The zero-order chi connectivity index (χ0) is 23.3. The molecule has 1 fully saturated rings. The summed E-state index contributed by atoms with van der Waals surface area (Å²) in [7, 11) is 1.66. The number of fused-ring (bicyclic) bond motifs is 1. The van der Waals surface area contributed by atoms with Crippen LogP contribution >= 0.6 is 0 Å². The Morgan fingerprint density at radius 2 is 1.76 bits per heavy atom. The molecule has 1 aromatic heterocycles. The van der Waals surface area contributed by atoms with Gasteiger partial charge in [0.15, 0.2) is 5.82 Å². The topological polar surface area (TPSA) is 64.1 Å². The van der Waals surface area contributed by atoms with E-state index in [0.29, 0.717) is 18.2 Å². The minimum absolute atomic E-state index is 0.0746. The van der Waals surface area contributed by atoms with Crippen molar-refractivity contribution in [3.05, 3.63) is 84.2 Å². The van der Waals surface area contributed by atoms with E-state index in [1.54, 1.807) is 13.3 Å². The van der Waals surface area contributed by atoms with Crippen molar-refractivity contribution in [3.63, 3.8) is 0 Å². The first-order valence-corrected chi connectivity index (χ1v) is 12.0. The molecule has 0 spiro atoms. The Morgan fingerprint density at radius 1 is 1.00 bits per heavy atom. The average Bonchev–Trinajstić information content (AvgIpc) is 3.38. The molecule has 0 radical (unpaired) electrons. The number of anilines is 1. The normalized spacial score (nSPS) is 13.8. The van der Waals surface area contributed by atoms with Crippen molar-refractivity contribution in [3.8, 4) is 17.0 Å². The van der Waals surface area contributed by atoms with Gasteiger partial charge in [-0.1, -0.05) is 68.1 Å². The maximum atomic E-state index is 12.9. The van der Waals surface area contributed by atoms with Crippen molar-refractivity contribution >= 4 is 22.5 Å². The molecule has 1 aliphatic carbocycles. The van der Waals surface area contributed by atoms with Gasteiger partial charge < -0.3 is 10.1 Å². The number of nitrogens with zero attached hydrogens (tertiary/aromatic N) is 2. The van der Waals surface area contributed by atoms with E-state index in [9.17, 15) is 4.79 Å². The van der Waals surface area contributed by atoms with E-state index >= 15 is 0 Å². The van der Waals surface area contributed by atoms with Gasteiger partial charge in [0.2, 0.25) is 5.91 Å². The van der Waals surface area contributed by atoms with Gasteiger partial charge >= 0.3 is 0 Å². The van der Waals surface area contributed by atoms with Crippen LogP contribution in [-0.2, 0) is 17.6 Å². The number of nitrogens with one attached hydrogen (secondary N) is 1. The van der Waals surface area contributed by atoms with Gasteiger partial charge in [0.1, 0.15) is 5.75 Å². The van der Waals surface area contributed by atoms with Crippen molar-refractivity contribution < 1.29 is 9.53 Å². The van der Waals surface area contributed by atoms with Gasteiger partial charge in [-0.25, -0.2) is 9.97 Å². The fourth-order valence-electron chi connectivity index (χ4n) is 4.77. The van der Waals surface area contributed by atoms with Gasteiger partial charge in [0, 0.05) is 5.56 Å². The van der Waals surface area contributed by atoms with E-state index in [1.807, 2.05) is 42.5 Å². The number of methoxy groups -OCH3 is 1. The van der Waals surface area contributed by atoms with Crippen LogP contribution in [0.1, 0.15) is 36.9 Å². The molecule has 5 nitrogen and oxygen atoms in total. The Balaban J connectivity index is 1.37. The number of amides is 1. The summed E-state index contributed by atoms with van der Waals surface area (Å²) >= 11 is 0. The first-order chi connectivity index (χ1) is 16.7. The molecule has 1 saturated carbocycles. The van der Waals surface area contributed by atoms with Crippen LogP contribution in [0.25, 0.3) is 22.0 Å². The maximum Gasteiger partial charge on any atom is 0.229 e. The number of aromatic nitrogens is 2. The lowest BCUT2D eigenvalue weighted by Gasteiger charge is -2.15. The summed E-state index contributed by atoms with van der Waals surface area (Å²) in [5.74, 6) is 1.90. The highest BCUT2D eigenvalue weighted by Gasteiger charge is 2.20. The molecular weight excluding hydrogens is 422 g/mol. The van der Waals surface area contributed by atoms with Crippen LogP contribution in [0.3, 0.4) is 0 Å². The summed E-state index contributed by atoms with van der Waals surface area (Å²) in [6.45, 7) is 0. The Bertz CT molecular complexity index is 1290. The summed E-state index contributed by atoms with van der Waals surface area (Å²) in [5, 5.41) is 5.35. The molecule has 0 bridgehead atoms. The van der Waals surface area contributed by atoms with Crippen LogP contribution in [0, 0.1) is 5.92 Å². The molecule has 3 aromatic carbocycles. The summed E-state index contributed by atoms with van der Waals surface area (Å²) < 4.78 is 5.27. The van der Waals surface area contributed by atoms with Crippen molar-refractivity contribution in [2.45, 2.75) is 38.5 Å². The maximum absolute atomic E-state index is 12.9. The molecule has 4 aromatic rings. The molecule has 34 heavy (non-hydrogen) atoms. The number of carbonyl (C=O) groups excluding carboxylic acids is 1. The summed E-state index contributed by atoms with van der Waals surface area (Å²) in [5.41, 5.74) is 3.64. The van der Waals surface area contributed by atoms with Gasteiger partial charge in [-0.15, -0.1) is 0 Å². The fourth-order valence-corrected chi connectivity index (χ4v) is 4.77. The quantitative estimate of drug-likeness (QED) is 0.362. The number of carbonyl (C=O) groups is 1. The third kappa shape index (κ3) is 5.09. The number of hydrogen-bond donors (Lipinski definition) is 1. The molecule has 0 aliphatic heterocycles. The lowest BCUT2D eigenvalue weighted by atomic mass is 10.0. The molecule has 1 heterocycles. The Morgan fingerprint density at radius 3 is 2.53 bits per heavy atom. The Labute approximate surface area is 200 Å². The van der Waals surface area contributed by atoms with Gasteiger partial charge in [-0.3, -0.25) is 4.79 Å². The van der Waals surface area contributed by atoms with Crippen LogP contribution in [0.5, 0.6) is 5.75 Å². The monoisotopic (exact) mass is 451 g/mol. The largest absolute Gasteiger partial charge is 0.497 e. The molecule has 0 atom stereocenters. The Kier molecular flexibility index (Phi) is 6.52. The second-order valence-corrected chi connectivity index (χ2v) is 9.04. The van der Waals surface area contributed by atoms with Gasteiger partial charge in [-0.05, 0) is 52.9 Å². The van der Waals surface area contributed by atoms with E-state index in [0.717, 1.165) is 40.1 Å². The van der Waals surface area contributed by atoms with Crippen LogP contribution in [-0.4, -0.2) is 23.0 Å². The molecular formula is C29H29N3O2. The third-order valence-electron chi connectivity index (χ3n) is 6.62. The van der Waals surface area contributed by atoms with Gasteiger partial charge in [-0.2, -0.15) is 0 Å². The van der Waals surface area contributed by atoms with E-state index in [1.165, 1.54) is 31.1 Å². The first-order valence-electron chi connectivity index (χ1n) is 12.0. The van der Waals surface area contributed by atoms with E-state index in [-0.39, 0.29) is 5.91 Å². The fraction of sp³-hybridized carbons (Fsp3) is 0.276. The van der Waals surface area contributed by atoms with E-state index in [4.69, 9.17) is 9.72 Å². The number of hydrogen-bond acceptors (Lipinski definition) is 4. The molecule has 0 unspecified atom stereocenters.